The lowest BCUT2D eigenvalue weighted by Crippen LogP contribution is -2.11. The predicted octanol–water partition coefficient (Wildman–Crippen LogP) is 4.18. The van der Waals surface area contributed by atoms with Crippen molar-refractivity contribution < 1.29 is 18.7 Å². The number of nitrogens with one attached hydrogen (secondary N) is 2. The number of carbonyl (C=O) groups is 1. The molecular formula is C26H26N4O5. The van der Waals surface area contributed by atoms with E-state index in [4.69, 9.17) is 19.6 Å². The van der Waals surface area contributed by atoms with Crippen molar-refractivity contribution in [2.24, 2.45) is 5.73 Å². The number of methoxy groups -OCH3 is 1. The smallest absolute Gasteiger partial charge is 0.299 e. The van der Waals surface area contributed by atoms with Crippen molar-refractivity contribution in [1.29, 1.82) is 0 Å². The summed E-state index contributed by atoms with van der Waals surface area (Å²) in [4.78, 5) is 31.2. The number of hydrogen-bond acceptors (Lipinski definition) is 7. The molecule has 0 saturated carbocycles. The highest BCUT2D eigenvalue weighted by Gasteiger charge is 2.15. The first-order chi connectivity index (χ1) is 16.8. The van der Waals surface area contributed by atoms with Crippen LogP contribution in [0.2, 0.25) is 0 Å². The Bertz CT molecular complexity index is 1420. The molecule has 2 aromatic carbocycles. The number of amides is 1. The molecular weight excluding hydrogens is 448 g/mol. The molecule has 0 aliphatic heterocycles. The van der Waals surface area contributed by atoms with Gasteiger partial charge in [-0.05, 0) is 73.0 Å². The average molecular weight is 475 g/mol. The van der Waals surface area contributed by atoms with Crippen LogP contribution in [0.4, 0.5) is 11.7 Å². The van der Waals surface area contributed by atoms with E-state index in [1.807, 2.05) is 44.2 Å². The summed E-state index contributed by atoms with van der Waals surface area (Å²) in [5, 5.41) is 3.06. The van der Waals surface area contributed by atoms with Gasteiger partial charge in [-0.25, -0.2) is 4.98 Å². The number of pyridine rings is 1. The first kappa shape index (κ1) is 23.8. The Labute approximate surface area is 201 Å². The molecule has 1 amide bonds. The second kappa shape index (κ2) is 10.3. The van der Waals surface area contributed by atoms with Gasteiger partial charge in [0.25, 0.3) is 11.6 Å². The van der Waals surface area contributed by atoms with Crippen molar-refractivity contribution in [2.75, 3.05) is 25.6 Å². The molecule has 4 rings (SSSR count). The molecule has 2 heterocycles. The highest BCUT2D eigenvalue weighted by Crippen LogP contribution is 2.33. The third-order valence-corrected chi connectivity index (χ3v) is 5.32. The van der Waals surface area contributed by atoms with Gasteiger partial charge in [-0.3, -0.25) is 9.59 Å². The minimum absolute atomic E-state index is 0.199. The van der Waals surface area contributed by atoms with Crippen LogP contribution in [0.1, 0.15) is 21.5 Å². The number of rotatable bonds is 9. The Balaban J connectivity index is 1.70. The van der Waals surface area contributed by atoms with Gasteiger partial charge in [0.15, 0.2) is 5.76 Å². The van der Waals surface area contributed by atoms with Gasteiger partial charge in [-0.15, -0.1) is 0 Å². The number of oxazole rings is 1. The van der Waals surface area contributed by atoms with Crippen LogP contribution in [0.5, 0.6) is 5.75 Å². The zero-order chi connectivity index (χ0) is 24.9. The summed E-state index contributed by atoms with van der Waals surface area (Å²) >= 11 is 0. The van der Waals surface area contributed by atoms with E-state index in [1.165, 1.54) is 0 Å². The number of aromatic amines is 1. The molecule has 4 N–H and O–H groups in total. The molecule has 4 aromatic rings. The van der Waals surface area contributed by atoms with Crippen LogP contribution in [0.25, 0.3) is 22.5 Å². The number of ether oxygens (including phenoxy) is 2. The van der Waals surface area contributed by atoms with E-state index < -0.39 is 5.91 Å². The van der Waals surface area contributed by atoms with Gasteiger partial charge < -0.3 is 29.9 Å². The monoisotopic (exact) mass is 474 g/mol. The molecule has 0 atom stereocenters. The van der Waals surface area contributed by atoms with Crippen LogP contribution >= 0.6 is 0 Å². The molecule has 0 saturated heterocycles. The van der Waals surface area contributed by atoms with Crippen molar-refractivity contribution in [2.45, 2.75) is 13.8 Å². The molecule has 9 heteroatoms. The Morgan fingerprint density at radius 2 is 1.91 bits per heavy atom. The van der Waals surface area contributed by atoms with Crippen LogP contribution in [0, 0.1) is 13.8 Å². The van der Waals surface area contributed by atoms with Gasteiger partial charge in [-0.2, -0.15) is 0 Å². The van der Waals surface area contributed by atoms with Crippen molar-refractivity contribution in [3.8, 4) is 28.2 Å². The lowest BCUT2D eigenvalue weighted by molar-refractivity contribution is 0.1000. The number of benzene rings is 2. The maximum absolute atomic E-state index is 12.6. The summed E-state index contributed by atoms with van der Waals surface area (Å²) < 4.78 is 16.9. The Morgan fingerprint density at radius 3 is 2.66 bits per heavy atom. The summed E-state index contributed by atoms with van der Waals surface area (Å²) in [6.45, 7) is 4.51. The number of anilines is 2. The Hall–Kier alpha value is -4.37. The zero-order valence-electron chi connectivity index (χ0n) is 19.7. The van der Waals surface area contributed by atoms with Crippen LogP contribution in [0.15, 0.2) is 64.1 Å². The van der Waals surface area contributed by atoms with E-state index in [0.717, 1.165) is 11.1 Å². The molecule has 35 heavy (non-hydrogen) atoms. The maximum Gasteiger partial charge on any atom is 0.299 e. The minimum atomic E-state index is -0.520. The molecule has 0 bridgehead atoms. The lowest BCUT2D eigenvalue weighted by Gasteiger charge is -2.11. The second-order valence-corrected chi connectivity index (χ2v) is 8.06. The fourth-order valence-electron chi connectivity index (χ4n) is 3.73. The largest absolute Gasteiger partial charge is 0.491 e. The first-order valence-electron chi connectivity index (χ1n) is 10.9. The van der Waals surface area contributed by atoms with E-state index >= 15 is 0 Å². The quantitative estimate of drug-likeness (QED) is 0.310. The van der Waals surface area contributed by atoms with Crippen molar-refractivity contribution in [3.63, 3.8) is 0 Å². The standard InChI is InChI=1S/C26H26N4O5/c1-15-8-19(24(27)31)11-20(9-15)30-26-29-14-22(35-26)17-10-18(13-21(12-17)34-7-6-33-3)23-16(2)4-5-28-25(23)32/h4-5,8-14H,6-7H2,1-3H3,(H2,27,31)(H,28,32)(H,29,30). The zero-order valence-corrected chi connectivity index (χ0v) is 19.7. The van der Waals surface area contributed by atoms with E-state index in [2.05, 4.69) is 15.3 Å². The topological polar surface area (TPSA) is 132 Å². The van der Waals surface area contributed by atoms with E-state index in [0.29, 0.717) is 52.7 Å². The SMILES string of the molecule is COCCOc1cc(-c2cnc(Nc3cc(C)cc(C(N)=O)c3)o2)cc(-c2c(C)cc[nH]c2=O)c1. The number of nitrogens with two attached hydrogens (primary N) is 1. The van der Waals surface area contributed by atoms with Gasteiger partial charge in [0.1, 0.15) is 12.4 Å². The number of nitrogens with zero attached hydrogens (tertiary/aromatic N) is 1. The third kappa shape index (κ3) is 5.59. The van der Waals surface area contributed by atoms with Gasteiger partial charge in [0.2, 0.25) is 5.91 Å². The minimum Gasteiger partial charge on any atom is -0.491 e. The molecule has 180 valence electrons. The number of aromatic nitrogens is 2. The number of aryl methyl sites for hydroxylation is 2. The average Bonchev–Trinajstić information content (AvgIpc) is 3.27. The van der Waals surface area contributed by atoms with Crippen molar-refractivity contribution >= 4 is 17.6 Å². The van der Waals surface area contributed by atoms with Gasteiger partial charge in [0.05, 0.1) is 18.4 Å². The van der Waals surface area contributed by atoms with Crippen molar-refractivity contribution in [1.82, 2.24) is 9.97 Å². The molecule has 0 unspecified atom stereocenters. The Morgan fingerprint density at radius 1 is 1.11 bits per heavy atom. The summed E-state index contributed by atoms with van der Waals surface area (Å²) in [7, 11) is 1.60. The van der Waals surface area contributed by atoms with Gasteiger partial charge in [0, 0.05) is 30.1 Å². The summed E-state index contributed by atoms with van der Waals surface area (Å²) in [6.07, 6.45) is 3.19. The van der Waals surface area contributed by atoms with Gasteiger partial charge in [-0.1, -0.05) is 0 Å². The predicted molar refractivity (Wildman–Crippen MR) is 133 cm³/mol. The normalized spacial score (nSPS) is 10.8. The molecule has 0 aliphatic carbocycles. The number of H-pyrrole nitrogens is 1. The summed E-state index contributed by atoms with van der Waals surface area (Å²) in [5.74, 6) is 0.514. The van der Waals surface area contributed by atoms with E-state index in [-0.39, 0.29) is 11.6 Å². The fraction of sp³-hybridized carbons (Fsp3) is 0.192. The second-order valence-electron chi connectivity index (χ2n) is 8.06. The number of primary amides is 1. The third-order valence-electron chi connectivity index (χ3n) is 5.32. The van der Waals surface area contributed by atoms with Gasteiger partial charge >= 0.3 is 0 Å². The van der Waals surface area contributed by atoms with Crippen LogP contribution in [-0.2, 0) is 4.74 Å². The first-order valence-corrected chi connectivity index (χ1v) is 10.9. The van der Waals surface area contributed by atoms with Crippen LogP contribution in [0.3, 0.4) is 0 Å². The molecule has 9 nitrogen and oxygen atoms in total. The van der Waals surface area contributed by atoms with E-state index in [1.54, 1.807) is 31.6 Å². The number of carbonyl (C=O) groups excluding carboxylic acids is 1. The van der Waals surface area contributed by atoms with Crippen LogP contribution in [-0.4, -0.2) is 36.2 Å². The Kier molecular flexibility index (Phi) is 6.98. The fourth-order valence-corrected chi connectivity index (χ4v) is 3.73. The molecule has 0 spiro atoms. The molecule has 2 aromatic heterocycles. The highest BCUT2D eigenvalue weighted by atomic mass is 16.5. The molecule has 0 radical (unpaired) electrons. The highest BCUT2D eigenvalue weighted by molar-refractivity contribution is 5.94. The maximum atomic E-state index is 12.6. The lowest BCUT2D eigenvalue weighted by atomic mass is 9.99. The van der Waals surface area contributed by atoms with Crippen molar-refractivity contribution in [3.05, 3.63) is 81.9 Å². The molecule has 0 fully saturated rings. The van der Waals surface area contributed by atoms with Crippen LogP contribution < -0.4 is 21.3 Å². The number of hydrogen-bond donors (Lipinski definition) is 3. The van der Waals surface area contributed by atoms with E-state index in [9.17, 15) is 9.59 Å². The molecule has 0 aliphatic rings. The summed E-state index contributed by atoms with van der Waals surface area (Å²) in [6, 6.07) is 12.7. The summed E-state index contributed by atoms with van der Waals surface area (Å²) in [5.41, 5.74) is 9.83.